The summed E-state index contributed by atoms with van der Waals surface area (Å²) in [5, 5.41) is 3.03. The summed E-state index contributed by atoms with van der Waals surface area (Å²) in [5.74, 6) is -0.0927. The van der Waals surface area contributed by atoms with Gasteiger partial charge in [0.2, 0.25) is 5.91 Å². The summed E-state index contributed by atoms with van der Waals surface area (Å²) in [7, 11) is 0. The van der Waals surface area contributed by atoms with Crippen molar-refractivity contribution in [3.8, 4) is 0 Å². The highest BCUT2D eigenvalue weighted by Crippen LogP contribution is 2.20. The van der Waals surface area contributed by atoms with Gasteiger partial charge in [0.05, 0.1) is 6.04 Å². The SMILES string of the molecule is C=CC(=O)NC(CCCCCCCC)c1ccccc1. The van der Waals surface area contributed by atoms with Gasteiger partial charge in [-0.25, -0.2) is 0 Å². The van der Waals surface area contributed by atoms with Gasteiger partial charge in [0.15, 0.2) is 0 Å². The molecule has 2 heteroatoms. The first-order valence-electron chi connectivity index (χ1n) is 7.75. The van der Waals surface area contributed by atoms with E-state index in [-0.39, 0.29) is 11.9 Å². The number of unbranched alkanes of at least 4 members (excludes halogenated alkanes) is 5. The van der Waals surface area contributed by atoms with Gasteiger partial charge in [0.25, 0.3) is 0 Å². The van der Waals surface area contributed by atoms with Gasteiger partial charge in [0.1, 0.15) is 0 Å². The summed E-state index contributed by atoms with van der Waals surface area (Å²) in [5.41, 5.74) is 1.18. The molecule has 0 saturated heterocycles. The lowest BCUT2D eigenvalue weighted by Crippen LogP contribution is -2.26. The Morgan fingerprint density at radius 1 is 1.15 bits per heavy atom. The highest BCUT2D eigenvalue weighted by atomic mass is 16.1. The summed E-state index contributed by atoms with van der Waals surface area (Å²) in [6.45, 7) is 5.76. The van der Waals surface area contributed by atoms with Gasteiger partial charge >= 0.3 is 0 Å². The third-order valence-electron chi connectivity index (χ3n) is 3.55. The molecule has 1 atom stereocenters. The predicted molar refractivity (Wildman–Crippen MR) is 85.5 cm³/mol. The molecule has 1 unspecified atom stereocenters. The van der Waals surface area contributed by atoms with E-state index >= 15 is 0 Å². The molecule has 1 aromatic carbocycles. The van der Waals surface area contributed by atoms with Crippen molar-refractivity contribution >= 4 is 5.91 Å². The monoisotopic (exact) mass is 273 g/mol. The molecule has 2 nitrogen and oxygen atoms in total. The van der Waals surface area contributed by atoms with Gasteiger partial charge in [-0.05, 0) is 18.1 Å². The third-order valence-corrected chi connectivity index (χ3v) is 3.55. The average Bonchev–Trinajstić information content (AvgIpc) is 2.50. The Morgan fingerprint density at radius 3 is 2.45 bits per heavy atom. The van der Waals surface area contributed by atoms with E-state index in [2.05, 4.69) is 31.0 Å². The second-order valence-electron chi connectivity index (χ2n) is 5.23. The lowest BCUT2D eigenvalue weighted by atomic mass is 9.99. The zero-order valence-corrected chi connectivity index (χ0v) is 12.6. The lowest BCUT2D eigenvalue weighted by molar-refractivity contribution is -0.117. The quantitative estimate of drug-likeness (QED) is 0.482. The van der Waals surface area contributed by atoms with E-state index in [1.807, 2.05) is 18.2 Å². The van der Waals surface area contributed by atoms with Crippen molar-refractivity contribution in [3.63, 3.8) is 0 Å². The Labute approximate surface area is 123 Å². The molecule has 0 aliphatic carbocycles. The van der Waals surface area contributed by atoms with Crippen LogP contribution in [0.2, 0.25) is 0 Å². The number of carbonyl (C=O) groups is 1. The fourth-order valence-electron chi connectivity index (χ4n) is 2.37. The molecule has 0 aliphatic rings. The molecule has 110 valence electrons. The molecule has 0 bridgehead atoms. The van der Waals surface area contributed by atoms with Crippen LogP contribution < -0.4 is 5.32 Å². The maximum atomic E-state index is 11.5. The number of nitrogens with one attached hydrogen (secondary N) is 1. The van der Waals surface area contributed by atoms with E-state index in [9.17, 15) is 4.79 Å². The maximum absolute atomic E-state index is 11.5. The zero-order valence-electron chi connectivity index (χ0n) is 12.6. The van der Waals surface area contributed by atoms with Crippen LogP contribution in [0.4, 0.5) is 0 Å². The fraction of sp³-hybridized carbons (Fsp3) is 0.500. The van der Waals surface area contributed by atoms with E-state index < -0.39 is 0 Å². The van der Waals surface area contributed by atoms with Crippen LogP contribution in [0.1, 0.15) is 63.5 Å². The van der Waals surface area contributed by atoms with Gasteiger partial charge in [-0.3, -0.25) is 4.79 Å². The van der Waals surface area contributed by atoms with Gasteiger partial charge in [0, 0.05) is 0 Å². The molecule has 1 N–H and O–H groups in total. The number of hydrogen-bond donors (Lipinski definition) is 1. The molecular weight excluding hydrogens is 246 g/mol. The van der Waals surface area contributed by atoms with Gasteiger partial charge < -0.3 is 5.32 Å². The van der Waals surface area contributed by atoms with E-state index in [1.54, 1.807) is 0 Å². The normalized spacial score (nSPS) is 11.8. The van der Waals surface area contributed by atoms with Crippen LogP contribution in [0.25, 0.3) is 0 Å². The fourth-order valence-corrected chi connectivity index (χ4v) is 2.37. The third kappa shape index (κ3) is 6.55. The first-order valence-corrected chi connectivity index (χ1v) is 7.75. The van der Waals surface area contributed by atoms with E-state index in [0.717, 1.165) is 12.8 Å². The number of amides is 1. The Hall–Kier alpha value is -1.57. The molecule has 0 fully saturated rings. The molecule has 0 radical (unpaired) electrons. The number of rotatable bonds is 10. The largest absolute Gasteiger partial charge is 0.346 e. The summed E-state index contributed by atoms with van der Waals surface area (Å²) >= 11 is 0. The van der Waals surface area contributed by atoms with Gasteiger partial charge in [-0.15, -0.1) is 0 Å². The van der Waals surface area contributed by atoms with Crippen LogP contribution in [0.15, 0.2) is 43.0 Å². The van der Waals surface area contributed by atoms with Crippen molar-refractivity contribution in [3.05, 3.63) is 48.6 Å². The standard InChI is InChI=1S/C18H27NO/c1-3-5-6-7-8-12-15-17(19-18(20)4-2)16-13-10-9-11-14-16/h4,9-11,13-14,17H,2-3,5-8,12,15H2,1H3,(H,19,20). The van der Waals surface area contributed by atoms with Crippen LogP contribution in [-0.4, -0.2) is 5.91 Å². The highest BCUT2D eigenvalue weighted by Gasteiger charge is 2.12. The summed E-state index contributed by atoms with van der Waals surface area (Å²) in [4.78, 5) is 11.5. The minimum absolute atomic E-state index is 0.0927. The predicted octanol–water partition coefficient (Wildman–Crippen LogP) is 4.78. The number of carbonyl (C=O) groups excluding carboxylic acids is 1. The van der Waals surface area contributed by atoms with Crippen LogP contribution in [0.5, 0.6) is 0 Å². The Kier molecular flexibility index (Phi) is 8.44. The lowest BCUT2D eigenvalue weighted by Gasteiger charge is -2.18. The molecule has 0 aromatic heterocycles. The zero-order chi connectivity index (χ0) is 14.6. The Balaban J connectivity index is 2.43. The maximum Gasteiger partial charge on any atom is 0.243 e. The summed E-state index contributed by atoms with van der Waals surface area (Å²) in [6.07, 6.45) is 9.97. The van der Waals surface area contributed by atoms with Crippen LogP contribution in [0, 0.1) is 0 Å². The smallest absolute Gasteiger partial charge is 0.243 e. The summed E-state index contributed by atoms with van der Waals surface area (Å²) in [6, 6.07) is 10.3. The summed E-state index contributed by atoms with van der Waals surface area (Å²) < 4.78 is 0. The topological polar surface area (TPSA) is 29.1 Å². The molecule has 0 saturated carbocycles. The number of hydrogen-bond acceptors (Lipinski definition) is 1. The van der Waals surface area contributed by atoms with Crippen molar-refractivity contribution in [2.24, 2.45) is 0 Å². The van der Waals surface area contributed by atoms with Crippen molar-refractivity contribution in [2.75, 3.05) is 0 Å². The van der Waals surface area contributed by atoms with Crippen molar-refractivity contribution < 1.29 is 4.79 Å². The van der Waals surface area contributed by atoms with Crippen molar-refractivity contribution in [1.82, 2.24) is 5.32 Å². The second kappa shape index (κ2) is 10.2. The van der Waals surface area contributed by atoms with E-state index in [0.29, 0.717) is 0 Å². The van der Waals surface area contributed by atoms with E-state index in [1.165, 1.54) is 43.7 Å². The molecular formula is C18H27NO. The van der Waals surface area contributed by atoms with Crippen molar-refractivity contribution in [2.45, 2.75) is 57.9 Å². The first-order chi connectivity index (χ1) is 9.77. The molecule has 0 aliphatic heterocycles. The Morgan fingerprint density at radius 2 is 1.80 bits per heavy atom. The molecule has 20 heavy (non-hydrogen) atoms. The van der Waals surface area contributed by atoms with Gasteiger partial charge in [-0.1, -0.05) is 82.4 Å². The molecule has 1 aromatic rings. The molecule has 0 spiro atoms. The Bertz CT molecular complexity index is 386. The second-order valence-corrected chi connectivity index (χ2v) is 5.23. The van der Waals surface area contributed by atoms with Crippen LogP contribution in [0.3, 0.4) is 0 Å². The number of benzene rings is 1. The molecule has 1 amide bonds. The van der Waals surface area contributed by atoms with Crippen LogP contribution in [-0.2, 0) is 4.79 Å². The minimum atomic E-state index is -0.0927. The average molecular weight is 273 g/mol. The molecule has 1 rings (SSSR count). The minimum Gasteiger partial charge on any atom is -0.346 e. The first kappa shape index (κ1) is 16.5. The van der Waals surface area contributed by atoms with Crippen molar-refractivity contribution in [1.29, 1.82) is 0 Å². The van der Waals surface area contributed by atoms with Gasteiger partial charge in [-0.2, -0.15) is 0 Å². The van der Waals surface area contributed by atoms with E-state index in [4.69, 9.17) is 0 Å². The van der Waals surface area contributed by atoms with Crippen LogP contribution >= 0.6 is 0 Å². The highest BCUT2D eigenvalue weighted by molar-refractivity contribution is 5.87. The molecule has 0 heterocycles.